The fourth-order valence-corrected chi connectivity index (χ4v) is 0.891. The number of allylic oxidation sites excluding steroid dienone is 1. The molecular formula is C8H15F3N2. The van der Waals surface area contributed by atoms with Gasteiger partial charge in [0.05, 0.1) is 0 Å². The number of alkyl halides is 2. The molecule has 0 aromatic heterocycles. The average Bonchev–Trinajstić information content (AvgIpc) is 2.03. The number of hydrazine groups is 1. The van der Waals surface area contributed by atoms with Gasteiger partial charge in [0.1, 0.15) is 0 Å². The Kier molecular flexibility index (Phi) is 4.83. The van der Waals surface area contributed by atoms with Gasteiger partial charge in [0, 0.05) is 26.2 Å². The number of hydrogen-bond acceptors (Lipinski definition) is 2. The molecule has 0 saturated heterocycles. The maximum Gasteiger partial charge on any atom is 0.264 e. The second-order valence-corrected chi connectivity index (χ2v) is 2.84. The highest BCUT2D eigenvalue weighted by atomic mass is 19.3. The Morgan fingerprint density at radius 3 is 2.00 bits per heavy atom. The Balaban J connectivity index is 4.71. The van der Waals surface area contributed by atoms with Crippen LogP contribution in [-0.4, -0.2) is 37.1 Å². The highest BCUT2D eigenvalue weighted by molar-refractivity contribution is 5.06. The molecule has 0 heterocycles. The first kappa shape index (κ1) is 12.3. The van der Waals surface area contributed by atoms with Crippen LogP contribution in [0.25, 0.3) is 0 Å². The molecule has 0 amide bonds. The van der Waals surface area contributed by atoms with Crippen molar-refractivity contribution in [3.63, 3.8) is 0 Å². The zero-order chi connectivity index (χ0) is 10.6. The zero-order valence-electron chi connectivity index (χ0n) is 8.31. The first-order valence-electron chi connectivity index (χ1n) is 4.01. The molecule has 0 rings (SSSR count). The van der Waals surface area contributed by atoms with Crippen molar-refractivity contribution in [2.75, 3.05) is 20.6 Å². The van der Waals surface area contributed by atoms with E-state index in [1.165, 1.54) is 5.01 Å². The lowest BCUT2D eigenvalue weighted by molar-refractivity contribution is 0.0350. The summed E-state index contributed by atoms with van der Waals surface area (Å²) < 4.78 is 37.4. The molecular weight excluding hydrogens is 181 g/mol. The molecule has 0 aliphatic heterocycles. The lowest BCUT2D eigenvalue weighted by atomic mass is 10.3. The van der Waals surface area contributed by atoms with Crippen molar-refractivity contribution in [2.45, 2.75) is 20.3 Å². The summed E-state index contributed by atoms with van der Waals surface area (Å²) in [5.74, 6) is -0.873. The van der Waals surface area contributed by atoms with Gasteiger partial charge in [-0.05, 0) is 13.8 Å². The standard InChI is InChI=1S/C8H15F3N2/c1-5-13(12(3)4)8(11)6(2)7(9)10/h7H,5H2,1-4H3/b8-6+. The van der Waals surface area contributed by atoms with Gasteiger partial charge in [-0.2, -0.15) is 4.39 Å². The molecule has 0 bridgehead atoms. The van der Waals surface area contributed by atoms with Crippen molar-refractivity contribution in [3.05, 3.63) is 11.5 Å². The van der Waals surface area contributed by atoms with Gasteiger partial charge in [-0.1, -0.05) is 0 Å². The Labute approximate surface area is 76.6 Å². The van der Waals surface area contributed by atoms with E-state index in [4.69, 9.17) is 0 Å². The fraction of sp³-hybridized carbons (Fsp3) is 0.750. The second-order valence-electron chi connectivity index (χ2n) is 2.84. The minimum Gasteiger partial charge on any atom is -0.282 e. The molecule has 0 N–H and O–H groups in total. The Morgan fingerprint density at radius 1 is 1.31 bits per heavy atom. The lowest BCUT2D eigenvalue weighted by Crippen LogP contribution is -2.35. The van der Waals surface area contributed by atoms with E-state index in [-0.39, 0.29) is 0 Å². The van der Waals surface area contributed by atoms with Crippen LogP contribution >= 0.6 is 0 Å². The quantitative estimate of drug-likeness (QED) is 0.502. The van der Waals surface area contributed by atoms with Gasteiger partial charge in [0.2, 0.25) is 5.95 Å². The molecule has 78 valence electrons. The molecule has 13 heavy (non-hydrogen) atoms. The van der Waals surface area contributed by atoms with Crippen LogP contribution in [0, 0.1) is 0 Å². The van der Waals surface area contributed by atoms with E-state index in [0.29, 0.717) is 6.54 Å². The zero-order valence-corrected chi connectivity index (χ0v) is 8.31. The second kappa shape index (κ2) is 5.11. The smallest absolute Gasteiger partial charge is 0.264 e. The molecule has 0 radical (unpaired) electrons. The summed E-state index contributed by atoms with van der Waals surface area (Å²) in [4.78, 5) is 0. The van der Waals surface area contributed by atoms with Gasteiger partial charge < -0.3 is 0 Å². The first-order chi connectivity index (χ1) is 5.91. The van der Waals surface area contributed by atoms with Gasteiger partial charge in [-0.15, -0.1) is 0 Å². The summed E-state index contributed by atoms with van der Waals surface area (Å²) in [6.45, 7) is 3.10. The average molecular weight is 196 g/mol. The van der Waals surface area contributed by atoms with Crippen LogP contribution in [0.2, 0.25) is 0 Å². The van der Waals surface area contributed by atoms with Crippen molar-refractivity contribution >= 4 is 0 Å². The maximum absolute atomic E-state index is 13.2. The van der Waals surface area contributed by atoms with E-state index < -0.39 is 17.9 Å². The van der Waals surface area contributed by atoms with E-state index in [9.17, 15) is 13.2 Å². The van der Waals surface area contributed by atoms with Crippen molar-refractivity contribution in [2.24, 2.45) is 0 Å². The fourth-order valence-electron chi connectivity index (χ4n) is 0.891. The normalized spacial score (nSPS) is 13.6. The molecule has 0 unspecified atom stereocenters. The Bertz CT molecular complexity index is 190. The number of hydrogen-bond donors (Lipinski definition) is 0. The predicted molar refractivity (Wildman–Crippen MR) is 45.9 cm³/mol. The Hall–Kier alpha value is -0.710. The molecule has 0 fully saturated rings. The maximum atomic E-state index is 13.2. The van der Waals surface area contributed by atoms with Crippen LogP contribution in [0.5, 0.6) is 0 Å². The van der Waals surface area contributed by atoms with E-state index >= 15 is 0 Å². The van der Waals surface area contributed by atoms with Gasteiger partial charge in [0.25, 0.3) is 6.43 Å². The van der Waals surface area contributed by atoms with E-state index in [1.54, 1.807) is 21.0 Å². The molecule has 5 heteroatoms. The van der Waals surface area contributed by atoms with Crippen molar-refractivity contribution in [1.29, 1.82) is 0 Å². The van der Waals surface area contributed by atoms with Crippen molar-refractivity contribution in [3.8, 4) is 0 Å². The van der Waals surface area contributed by atoms with Crippen LogP contribution in [-0.2, 0) is 0 Å². The van der Waals surface area contributed by atoms with Crippen LogP contribution in [0.3, 0.4) is 0 Å². The van der Waals surface area contributed by atoms with Crippen molar-refractivity contribution in [1.82, 2.24) is 10.0 Å². The molecule has 0 spiro atoms. The summed E-state index contributed by atoms with van der Waals surface area (Å²) in [6, 6.07) is 0. The summed E-state index contributed by atoms with van der Waals surface area (Å²) in [5, 5.41) is 2.57. The molecule has 0 aliphatic carbocycles. The van der Waals surface area contributed by atoms with Gasteiger partial charge in [-0.3, -0.25) is 5.01 Å². The van der Waals surface area contributed by atoms with Gasteiger partial charge in [0.15, 0.2) is 0 Å². The summed E-state index contributed by atoms with van der Waals surface area (Å²) in [6.07, 6.45) is -2.74. The first-order valence-corrected chi connectivity index (χ1v) is 4.01. The van der Waals surface area contributed by atoms with Crippen LogP contribution in [0.15, 0.2) is 11.5 Å². The van der Waals surface area contributed by atoms with E-state index in [0.717, 1.165) is 11.9 Å². The lowest BCUT2D eigenvalue weighted by Gasteiger charge is -2.28. The van der Waals surface area contributed by atoms with Crippen LogP contribution in [0.4, 0.5) is 13.2 Å². The third-order valence-corrected chi connectivity index (χ3v) is 1.66. The summed E-state index contributed by atoms with van der Waals surface area (Å²) in [7, 11) is 3.20. The van der Waals surface area contributed by atoms with Crippen LogP contribution < -0.4 is 0 Å². The van der Waals surface area contributed by atoms with Gasteiger partial charge >= 0.3 is 0 Å². The topological polar surface area (TPSA) is 6.48 Å². The number of halogens is 3. The molecule has 0 aliphatic rings. The molecule has 2 nitrogen and oxygen atoms in total. The molecule has 0 saturated carbocycles. The third kappa shape index (κ3) is 3.26. The molecule has 0 aromatic carbocycles. The SMILES string of the molecule is CCN(/C(F)=C(\C)C(F)F)N(C)C. The highest BCUT2D eigenvalue weighted by Gasteiger charge is 2.18. The summed E-state index contributed by atoms with van der Waals surface area (Å²) in [5.41, 5.74) is -0.532. The van der Waals surface area contributed by atoms with Gasteiger partial charge in [-0.25, -0.2) is 13.8 Å². The minimum atomic E-state index is -2.74. The van der Waals surface area contributed by atoms with E-state index in [2.05, 4.69) is 0 Å². The van der Waals surface area contributed by atoms with E-state index in [1.807, 2.05) is 0 Å². The Morgan fingerprint density at radius 2 is 1.77 bits per heavy atom. The predicted octanol–water partition coefficient (Wildman–Crippen LogP) is 2.25. The highest BCUT2D eigenvalue weighted by Crippen LogP contribution is 2.18. The molecule has 0 atom stereocenters. The third-order valence-electron chi connectivity index (χ3n) is 1.66. The summed E-state index contributed by atoms with van der Waals surface area (Å²) >= 11 is 0. The number of rotatable bonds is 4. The minimum absolute atomic E-state index is 0.322. The van der Waals surface area contributed by atoms with Crippen molar-refractivity contribution < 1.29 is 13.2 Å². The van der Waals surface area contributed by atoms with Crippen LogP contribution in [0.1, 0.15) is 13.8 Å². The monoisotopic (exact) mass is 196 g/mol. The largest absolute Gasteiger partial charge is 0.282 e. The number of nitrogens with zero attached hydrogens (tertiary/aromatic N) is 2. The molecule has 0 aromatic rings.